The second kappa shape index (κ2) is 8.01. The first kappa shape index (κ1) is 17.9. The van der Waals surface area contributed by atoms with E-state index in [2.05, 4.69) is 36.4 Å². The summed E-state index contributed by atoms with van der Waals surface area (Å²) in [6.45, 7) is 0. The zero-order valence-electron chi connectivity index (χ0n) is 15.8. The van der Waals surface area contributed by atoms with Gasteiger partial charge in [0.2, 0.25) is 0 Å². The largest absolute Gasteiger partial charge is 0.497 e. The molecule has 0 unspecified atom stereocenters. The van der Waals surface area contributed by atoms with E-state index in [1.165, 1.54) is 0 Å². The lowest BCUT2D eigenvalue weighted by Gasteiger charge is -2.36. The van der Waals surface area contributed by atoms with E-state index < -0.39 is 5.60 Å². The molecule has 4 aromatic rings. The lowest BCUT2D eigenvalue weighted by molar-refractivity contribution is 0.155. The molecule has 28 heavy (non-hydrogen) atoms. The first-order chi connectivity index (χ1) is 13.8. The Morgan fingerprint density at radius 2 is 0.821 bits per heavy atom. The minimum atomic E-state index is -0.766. The van der Waals surface area contributed by atoms with Crippen molar-refractivity contribution in [1.29, 1.82) is 0 Å². The zero-order chi connectivity index (χ0) is 19.2. The van der Waals surface area contributed by atoms with E-state index in [0.717, 1.165) is 28.2 Å². The Hall–Kier alpha value is -3.52. The minimum absolute atomic E-state index is 0.766. The highest BCUT2D eigenvalue weighted by molar-refractivity contribution is 5.49. The van der Waals surface area contributed by atoms with Gasteiger partial charge in [0, 0.05) is 16.7 Å². The summed E-state index contributed by atoms with van der Waals surface area (Å²) in [5.41, 5.74) is 2.45. The van der Waals surface area contributed by atoms with Crippen molar-refractivity contribution in [2.45, 2.75) is 5.60 Å². The molecule has 0 radical (unpaired) electrons. The second-order valence-corrected chi connectivity index (χ2v) is 6.56. The fraction of sp³-hybridized carbons (Fsp3) is 0.0769. The van der Waals surface area contributed by atoms with Crippen molar-refractivity contribution >= 4 is 0 Å². The van der Waals surface area contributed by atoms with E-state index in [1.54, 1.807) is 7.11 Å². The molecule has 4 aromatic carbocycles. The molecule has 0 N–H and O–H groups in total. The van der Waals surface area contributed by atoms with Crippen LogP contribution in [0.4, 0.5) is 0 Å². The van der Waals surface area contributed by atoms with Crippen LogP contribution in [0.2, 0.25) is 0 Å². The summed E-state index contributed by atoms with van der Waals surface area (Å²) in [4.78, 5) is 0. The van der Waals surface area contributed by atoms with Gasteiger partial charge in [0.1, 0.15) is 11.5 Å². The van der Waals surface area contributed by atoms with E-state index in [4.69, 9.17) is 9.47 Å². The van der Waals surface area contributed by atoms with Crippen LogP contribution in [0.15, 0.2) is 115 Å². The van der Waals surface area contributed by atoms with Gasteiger partial charge in [-0.15, -0.1) is 0 Å². The first-order valence-corrected chi connectivity index (χ1v) is 9.32. The summed E-state index contributed by atoms with van der Waals surface area (Å²) in [5.74, 6) is 1.58. The Bertz CT molecular complexity index is 898. The van der Waals surface area contributed by atoms with Crippen LogP contribution in [0, 0.1) is 0 Å². The van der Waals surface area contributed by atoms with E-state index in [-0.39, 0.29) is 0 Å². The second-order valence-electron chi connectivity index (χ2n) is 6.56. The minimum Gasteiger partial charge on any atom is -0.497 e. The highest BCUT2D eigenvalue weighted by Gasteiger charge is 2.38. The Morgan fingerprint density at radius 1 is 0.464 bits per heavy atom. The van der Waals surface area contributed by atoms with Crippen LogP contribution in [-0.2, 0) is 5.60 Å². The Balaban J connectivity index is 1.95. The molecule has 0 atom stereocenters. The molecule has 2 heteroatoms. The van der Waals surface area contributed by atoms with Crippen LogP contribution >= 0.6 is 0 Å². The number of ether oxygens (including phenoxy) is 2. The number of rotatable bonds is 6. The maximum Gasteiger partial charge on any atom is 0.184 e. The molecule has 2 nitrogen and oxygen atoms in total. The molecular formula is C26H22O2. The number of hydrogen-bond acceptors (Lipinski definition) is 2. The molecule has 4 rings (SSSR count). The molecule has 0 spiro atoms. The molecular weight excluding hydrogens is 344 g/mol. The molecule has 0 bridgehead atoms. The summed E-state index contributed by atoms with van der Waals surface area (Å²) in [6.07, 6.45) is 0. The average molecular weight is 366 g/mol. The Labute approximate surface area is 166 Å². The number of hydrogen-bond donors (Lipinski definition) is 0. The van der Waals surface area contributed by atoms with Gasteiger partial charge >= 0.3 is 0 Å². The maximum atomic E-state index is 6.80. The van der Waals surface area contributed by atoms with Crippen LogP contribution in [0.1, 0.15) is 16.7 Å². The summed E-state index contributed by atoms with van der Waals surface area (Å²) in [5, 5.41) is 0. The van der Waals surface area contributed by atoms with Crippen molar-refractivity contribution in [3.05, 3.63) is 132 Å². The normalized spacial score (nSPS) is 11.0. The zero-order valence-corrected chi connectivity index (χ0v) is 15.8. The van der Waals surface area contributed by atoms with Crippen molar-refractivity contribution in [3.8, 4) is 11.5 Å². The molecule has 138 valence electrons. The van der Waals surface area contributed by atoms with Crippen molar-refractivity contribution in [2.75, 3.05) is 7.11 Å². The van der Waals surface area contributed by atoms with E-state index in [0.29, 0.717) is 0 Å². The highest BCUT2D eigenvalue weighted by atomic mass is 16.5. The van der Waals surface area contributed by atoms with Crippen LogP contribution < -0.4 is 9.47 Å². The topological polar surface area (TPSA) is 18.5 Å². The van der Waals surface area contributed by atoms with Crippen LogP contribution in [0.25, 0.3) is 0 Å². The molecule has 0 saturated carbocycles. The van der Waals surface area contributed by atoms with Gasteiger partial charge in [0.05, 0.1) is 7.11 Å². The van der Waals surface area contributed by atoms with Gasteiger partial charge in [0.25, 0.3) is 0 Å². The van der Waals surface area contributed by atoms with E-state index in [1.807, 2.05) is 78.9 Å². The van der Waals surface area contributed by atoms with Crippen LogP contribution in [0.3, 0.4) is 0 Å². The van der Waals surface area contributed by atoms with Crippen molar-refractivity contribution in [2.24, 2.45) is 0 Å². The molecule has 0 aliphatic heterocycles. The monoisotopic (exact) mass is 366 g/mol. The van der Waals surface area contributed by atoms with Gasteiger partial charge in [0.15, 0.2) is 5.60 Å². The third kappa shape index (κ3) is 3.37. The molecule has 0 aliphatic carbocycles. The molecule has 0 heterocycles. The summed E-state index contributed by atoms with van der Waals surface area (Å²) < 4.78 is 12.1. The maximum absolute atomic E-state index is 6.80. The first-order valence-electron chi connectivity index (χ1n) is 9.32. The van der Waals surface area contributed by atoms with Gasteiger partial charge in [-0.3, -0.25) is 0 Å². The SMILES string of the molecule is COc1ccc(OC(c2ccccc2)(c2ccccc2)c2ccccc2)cc1. The van der Waals surface area contributed by atoms with Gasteiger partial charge < -0.3 is 9.47 Å². The molecule has 0 amide bonds. The van der Waals surface area contributed by atoms with Crippen molar-refractivity contribution in [1.82, 2.24) is 0 Å². The highest BCUT2D eigenvalue weighted by Crippen LogP contribution is 2.41. The van der Waals surface area contributed by atoms with Crippen molar-refractivity contribution in [3.63, 3.8) is 0 Å². The fourth-order valence-corrected chi connectivity index (χ4v) is 3.52. The fourth-order valence-electron chi connectivity index (χ4n) is 3.52. The van der Waals surface area contributed by atoms with Gasteiger partial charge in [-0.25, -0.2) is 0 Å². The molecule has 0 saturated heterocycles. The third-order valence-corrected chi connectivity index (χ3v) is 4.87. The number of methoxy groups -OCH3 is 1. The number of benzene rings is 4. The van der Waals surface area contributed by atoms with Gasteiger partial charge in [-0.05, 0) is 24.3 Å². The molecule has 0 aliphatic rings. The molecule has 0 aromatic heterocycles. The predicted octanol–water partition coefficient (Wildman–Crippen LogP) is 6.07. The lowest BCUT2D eigenvalue weighted by Crippen LogP contribution is -2.36. The summed E-state index contributed by atoms with van der Waals surface area (Å²) in [7, 11) is 1.66. The Kier molecular flexibility index (Phi) is 5.11. The van der Waals surface area contributed by atoms with Crippen molar-refractivity contribution < 1.29 is 9.47 Å². The predicted molar refractivity (Wildman–Crippen MR) is 113 cm³/mol. The Morgan fingerprint density at radius 3 is 1.18 bits per heavy atom. The third-order valence-electron chi connectivity index (χ3n) is 4.87. The van der Waals surface area contributed by atoms with Crippen LogP contribution in [-0.4, -0.2) is 7.11 Å². The summed E-state index contributed by atoms with van der Waals surface area (Å²) in [6, 6.07) is 38.8. The quantitative estimate of drug-likeness (QED) is 0.386. The van der Waals surface area contributed by atoms with E-state index >= 15 is 0 Å². The average Bonchev–Trinajstić information content (AvgIpc) is 2.80. The van der Waals surface area contributed by atoms with E-state index in [9.17, 15) is 0 Å². The standard InChI is InChI=1S/C26H22O2/c1-27-24-17-19-25(20-18-24)28-26(21-11-5-2-6-12-21,22-13-7-3-8-14-22)23-15-9-4-10-16-23/h2-20H,1H3. The van der Waals surface area contributed by atoms with Crippen LogP contribution in [0.5, 0.6) is 11.5 Å². The molecule has 0 fully saturated rings. The van der Waals surface area contributed by atoms with Gasteiger partial charge in [-0.2, -0.15) is 0 Å². The van der Waals surface area contributed by atoms with Gasteiger partial charge in [-0.1, -0.05) is 91.0 Å². The smallest absolute Gasteiger partial charge is 0.184 e. The summed E-state index contributed by atoms with van der Waals surface area (Å²) >= 11 is 0. The lowest BCUT2D eigenvalue weighted by atomic mass is 9.80.